The van der Waals surface area contributed by atoms with Crippen molar-refractivity contribution < 1.29 is 4.74 Å². The Morgan fingerprint density at radius 2 is 1.84 bits per heavy atom. The van der Waals surface area contributed by atoms with E-state index in [9.17, 15) is 0 Å². The summed E-state index contributed by atoms with van der Waals surface area (Å²) in [6.07, 6.45) is 8.37. The molecule has 2 nitrogen and oxygen atoms in total. The summed E-state index contributed by atoms with van der Waals surface area (Å²) in [6, 6.07) is 0.624. The Bertz CT molecular complexity index is 248. The van der Waals surface area contributed by atoms with Crippen LogP contribution in [0.15, 0.2) is 0 Å². The summed E-state index contributed by atoms with van der Waals surface area (Å²) in [5.41, 5.74) is 0. The van der Waals surface area contributed by atoms with E-state index in [1.165, 1.54) is 45.1 Å². The van der Waals surface area contributed by atoms with Crippen LogP contribution in [0.5, 0.6) is 0 Å². The number of hydrogen-bond acceptors (Lipinski definition) is 2. The van der Waals surface area contributed by atoms with Gasteiger partial charge in [-0.3, -0.25) is 0 Å². The van der Waals surface area contributed by atoms with Gasteiger partial charge < -0.3 is 10.1 Å². The molecule has 1 N–H and O–H groups in total. The van der Waals surface area contributed by atoms with Crippen LogP contribution < -0.4 is 5.32 Å². The molecule has 19 heavy (non-hydrogen) atoms. The van der Waals surface area contributed by atoms with Gasteiger partial charge in [0.2, 0.25) is 0 Å². The van der Waals surface area contributed by atoms with E-state index in [1.54, 1.807) is 0 Å². The second-order valence-electron chi connectivity index (χ2n) is 7.02. The average Bonchev–Trinajstić information content (AvgIpc) is 2.46. The Morgan fingerprint density at radius 3 is 2.47 bits per heavy atom. The first kappa shape index (κ1) is 15.3. The largest absolute Gasteiger partial charge is 0.381 e. The molecular formula is C17H33NO. The SMILES string of the molecule is CCC1CCC(CNC(C)C)C(C2CCOCC2)C1. The maximum atomic E-state index is 5.56. The summed E-state index contributed by atoms with van der Waals surface area (Å²) in [5.74, 6) is 3.78. The van der Waals surface area contributed by atoms with E-state index in [0.717, 1.165) is 36.9 Å². The highest BCUT2D eigenvalue weighted by Crippen LogP contribution is 2.42. The zero-order chi connectivity index (χ0) is 13.7. The number of hydrogen-bond donors (Lipinski definition) is 1. The molecule has 0 radical (unpaired) electrons. The van der Waals surface area contributed by atoms with Crippen LogP contribution in [0.25, 0.3) is 0 Å². The highest BCUT2D eigenvalue weighted by atomic mass is 16.5. The normalized spacial score (nSPS) is 33.8. The summed E-state index contributed by atoms with van der Waals surface area (Å²) >= 11 is 0. The van der Waals surface area contributed by atoms with Crippen LogP contribution in [-0.4, -0.2) is 25.8 Å². The molecule has 0 aromatic rings. The molecule has 2 rings (SSSR count). The monoisotopic (exact) mass is 267 g/mol. The van der Waals surface area contributed by atoms with E-state index in [1.807, 2.05) is 0 Å². The fourth-order valence-corrected chi connectivity index (χ4v) is 4.09. The number of ether oxygens (including phenoxy) is 1. The molecular weight excluding hydrogens is 234 g/mol. The van der Waals surface area contributed by atoms with Crippen LogP contribution in [0, 0.1) is 23.7 Å². The van der Waals surface area contributed by atoms with Crippen LogP contribution in [0.2, 0.25) is 0 Å². The van der Waals surface area contributed by atoms with Crippen LogP contribution in [0.3, 0.4) is 0 Å². The molecule has 0 aromatic heterocycles. The minimum atomic E-state index is 0.624. The van der Waals surface area contributed by atoms with E-state index in [-0.39, 0.29) is 0 Å². The first-order valence-corrected chi connectivity index (χ1v) is 8.51. The summed E-state index contributed by atoms with van der Waals surface area (Å²) < 4.78 is 5.56. The van der Waals surface area contributed by atoms with Gasteiger partial charge in [0, 0.05) is 19.3 Å². The fraction of sp³-hybridized carbons (Fsp3) is 1.00. The van der Waals surface area contributed by atoms with E-state index >= 15 is 0 Å². The van der Waals surface area contributed by atoms with Crippen molar-refractivity contribution in [1.82, 2.24) is 5.32 Å². The maximum absolute atomic E-state index is 5.56. The predicted molar refractivity (Wildman–Crippen MR) is 81.3 cm³/mol. The molecule has 112 valence electrons. The predicted octanol–water partition coefficient (Wildman–Crippen LogP) is 3.85. The Balaban J connectivity index is 1.93. The molecule has 1 saturated carbocycles. The van der Waals surface area contributed by atoms with Crippen molar-refractivity contribution >= 4 is 0 Å². The highest BCUT2D eigenvalue weighted by Gasteiger charge is 2.35. The lowest BCUT2D eigenvalue weighted by Gasteiger charge is -2.42. The first-order chi connectivity index (χ1) is 9.20. The van der Waals surface area contributed by atoms with Gasteiger partial charge in [-0.15, -0.1) is 0 Å². The zero-order valence-electron chi connectivity index (χ0n) is 13.2. The summed E-state index contributed by atoms with van der Waals surface area (Å²) in [5, 5.41) is 3.69. The lowest BCUT2D eigenvalue weighted by molar-refractivity contribution is 0.0136. The summed E-state index contributed by atoms with van der Waals surface area (Å²) in [4.78, 5) is 0. The quantitative estimate of drug-likeness (QED) is 0.817. The average molecular weight is 267 g/mol. The molecule has 2 aliphatic rings. The number of rotatable bonds is 5. The Labute approximate surface area is 119 Å². The highest BCUT2D eigenvalue weighted by molar-refractivity contribution is 4.86. The van der Waals surface area contributed by atoms with Crippen LogP contribution in [0.4, 0.5) is 0 Å². The lowest BCUT2D eigenvalue weighted by atomic mass is 9.66. The Hall–Kier alpha value is -0.0800. The third kappa shape index (κ3) is 4.46. The molecule has 1 aliphatic carbocycles. The van der Waals surface area contributed by atoms with Crippen LogP contribution in [0.1, 0.15) is 59.3 Å². The van der Waals surface area contributed by atoms with Crippen molar-refractivity contribution in [2.24, 2.45) is 23.7 Å². The molecule has 0 bridgehead atoms. The van der Waals surface area contributed by atoms with Gasteiger partial charge in [-0.25, -0.2) is 0 Å². The second kappa shape index (κ2) is 7.64. The molecule has 1 aliphatic heterocycles. The lowest BCUT2D eigenvalue weighted by Crippen LogP contribution is -2.40. The summed E-state index contributed by atoms with van der Waals surface area (Å²) in [6.45, 7) is 10.1. The van der Waals surface area contributed by atoms with Gasteiger partial charge in [0.1, 0.15) is 0 Å². The molecule has 1 heterocycles. The summed E-state index contributed by atoms with van der Waals surface area (Å²) in [7, 11) is 0. The standard InChI is InChI=1S/C17H33NO/c1-4-14-5-6-16(12-18-13(2)3)17(11-14)15-7-9-19-10-8-15/h13-18H,4-12H2,1-3H3. The van der Waals surface area contributed by atoms with Gasteiger partial charge >= 0.3 is 0 Å². The van der Waals surface area contributed by atoms with E-state index in [0.29, 0.717) is 6.04 Å². The van der Waals surface area contributed by atoms with E-state index < -0.39 is 0 Å². The van der Waals surface area contributed by atoms with Crippen molar-refractivity contribution in [2.75, 3.05) is 19.8 Å². The Kier molecular flexibility index (Phi) is 6.15. The molecule has 2 heteroatoms. The Morgan fingerprint density at radius 1 is 1.11 bits per heavy atom. The van der Waals surface area contributed by atoms with Crippen molar-refractivity contribution in [2.45, 2.75) is 65.3 Å². The minimum absolute atomic E-state index is 0.624. The number of nitrogens with one attached hydrogen (secondary N) is 1. The van der Waals surface area contributed by atoms with Crippen molar-refractivity contribution in [3.63, 3.8) is 0 Å². The fourth-order valence-electron chi connectivity index (χ4n) is 4.09. The van der Waals surface area contributed by atoms with E-state index in [4.69, 9.17) is 4.74 Å². The zero-order valence-corrected chi connectivity index (χ0v) is 13.2. The molecule has 0 spiro atoms. The molecule has 3 unspecified atom stereocenters. The molecule has 3 atom stereocenters. The maximum Gasteiger partial charge on any atom is 0.0468 e. The van der Waals surface area contributed by atoms with Crippen molar-refractivity contribution in [3.8, 4) is 0 Å². The smallest absolute Gasteiger partial charge is 0.0468 e. The van der Waals surface area contributed by atoms with Crippen LogP contribution >= 0.6 is 0 Å². The molecule has 0 aromatic carbocycles. The minimum Gasteiger partial charge on any atom is -0.381 e. The van der Waals surface area contributed by atoms with Gasteiger partial charge in [0.15, 0.2) is 0 Å². The van der Waals surface area contributed by atoms with Crippen molar-refractivity contribution in [3.05, 3.63) is 0 Å². The third-order valence-electron chi connectivity index (χ3n) is 5.39. The molecule has 2 fully saturated rings. The van der Waals surface area contributed by atoms with Gasteiger partial charge in [0.25, 0.3) is 0 Å². The van der Waals surface area contributed by atoms with Gasteiger partial charge in [-0.05, 0) is 55.9 Å². The second-order valence-corrected chi connectivity index (χ2v) is 7.02. The van der Waals surface area contributed by atoms with Crippen LogP contribution in [-0.2, 0) is 4.74 Å². The third-order valence-corrected chi connectivity index (χ3v) is 5.39. The topological polar surface area (TPSA) is 21.3 Å². The van der Waals surface area contributed by atoms with Gasteiger partial charge in [-0.2, -0.15) is 0 Å². The van der Waals surface area contributed by atoms with E-state index in [2.05, 4.69) is 26.1 Å². The molecule has 1 saturated heterocycles. The molecule has 0 amide bonds. The van der Waals surface area contributed by atoms with Gasteiger partial charge in [0.05, 0.1) is 0 Å². The first-order valence-electron chi connectivity index (χ1n) is 8.51. The van der Waals surface area contributed by atoms with Crippen molar-refractivity contribution in [1.29, 1.82) is 0 Å². The van der Waals surface area contributed by atoms with Gasteiger partial charge in [-0.1, -0.05) is 33.6 Å².